The van der Waals surface area contributed by atoms with Gasteiger partial charge in [0.15, 0.2) is 0 Å². The normalized spacial score (nSPS) is 12.8. The molecule has 0 spiro atoms. The number of hydrogen-bond acceptors (Lipinski definition) is 3. The van der Waals surface area contributed by atoms with Crippen LogP contribution in [0, 0.1) is 0 Å². The third kappa shape index (κ3) is 3.76. The summed E-state index contributed by atoms with van der Waals surface area (Å²) in [7, 11) is 2.03. The van der Waals surface area contributed by atoms with Crippen molar-refractivity contribution in [3.8, 4) is 0 Å². The predicted octanol–water partition coefficient (Wildman–Crippen LogP) is 3.42. The van der Waals surface area contributed by atoms with Crippen LogP contribution >= 0.6 is 0 Å². The van der Waals surface area contributed by atoms with E-state index in [0.29, 0.717) is 6.04 Å². The Labute approximate surface area is 127 Å². The summed E-state index contributed by atoms with van der Waals surface area (Å²) in [6.45, 7) is 7.49. The van der Waals surface area contributed by atoms with Crippen molar-refractivity contribution in [2.45, 2.75) is 52.5 Å². The van der Waals surface area contributed by atoms with Gasteiger partial charge < -0.3 is 9.73 Å². The highest BCUT2D eigenvalue weighted by atomic mass is 16.3. The summed E-state index contributed by atoms with van der Waals surface area (Å²) >= 11 is 0. The molecule has 2 rings (SSSR count). The number of aryl methyl sites for hydroxylation is 3. The molecular formula is C17H27N3O. The fourth-order valence-corrected chi connectivity index (χ4v) is 2.70. The summed E-state index contributed by atoms with van der Waals surface area (Å²) < 4.78 is 7.61. The Kier molecular flexibility index (Phi) is 5.62. The lowest BCUT2D eigenvalue weighted by Crippen LogP contribution is -2.25. The lowest BCUT2D eigenvalue weighted by Gasteiger charge is -2.18. The fourth-order valence-electron chi connectivity index (χ4n) is 2.70. The van der Waals surface area contributed by atoms with Gasteiger partial charge in [0.25, 0.3) is 0 Å². The lowest BCUT2D eigenvalue weighted by atomic mass is 10.0. The van der Waals surface area contributed by atoms with E-state index < -0.39 is 0 Å². The maximum absolute atomic E-state index is 5.61. The van der Waals surface area contributed by atoms with Gasteiger partial charge in [0.2, 0.25) is 0 Å². The van der Waals surface area contributed by atoms with Crippen LogP contribution in [-0.2, 0) is 26.3 Å². The van der Waals surface area contributed by atoms with E-state index >= 15 is 0 Å². The Bertz CT molecular complexity index is 556. The molecule has 2 aromatic rings. The van der Waals surface area contributed by atoms with Crippen LogP contribution in [0.5, 0.6) is 0 Å². The van der Waals surface area contributed by atoms with Gasteiger partial charge in [-0.15, -0.1) is 0 Å². The Balaban J connectivity index is 2.21. The SMILES string of the molecule is CCCNC(Cc1cc(CC)nn1C)c1ccoc1CC. The van der Waals surface area contributed by atoms with E-state index in [9.17, 15) is 0 Å². The summed E-state index contributed by atoms with van der Waals surface area (Å²) in [4.78, 5) is 0. The van der Waals surface area contributed by atoms with Crippen molar-refractivity contribution < 1.29 is 4.42 Å². The summed E-state index contributed by atoms with van der Waals surface area (Å²) in [5.41, 5.74) is 3.71. The summed E-state index contributed by atoms with van der Waals surface area (Å²) in [5.74, 6) is 1.08. The first-order valence-corrected chi connectivity index (χ1v) is 8.00. The third-order valence-corrected chi connectivity index (χ3v) is 3.92. The number of aromatic nitrogens is 2. The molecule has 2 heterocycles. The van der Waals surface area contributed by atoms with Gasteiger partial charge in [-0.3, -0.25) is 4.68 Å². The monoisotopic (exact) mass is 289 g/mol. The van der Waals surface area contributed by atoms with Gasteiger partial charge in [0.05, 0.1) is 12.0 Å². The topological polar surface area (TPSA) is 43.0 Å². The number of nitrogens with one attached hydrogen (secondary N) is 1. The van der Waals surface area contributed by atoms with Gasteiger partial charge in [-0.25, -0.2) is 0 Å². The van der Waals surface area contributed by atoms with Gasteiger partial charge >= 0.3 is 0 Å². The zero-order valence-electron chi connectivity index (χ0n) is 13.6. The molecule has 0 aliphatic carbocycles. The Hall–Kier alpha value is -1.55. The highest BCUT2D eigenvalue weighted by molar-refractivity contribution is 5.24. The molecule has 1 N–H and O–H groups in total. The Morgan fingerprint density at radius 2 is 2.10 bits per heavy atom. The molecule has 1 unspecified atom stereocenters. The van der Waals surface area contributed by atoms with Crippen molar-refractivity contribution in [1.82, 2.24) is 15.1 Å². The van der Waals surface area contributed by atoms with Crippen molar-refractivity contribution in [3.05, 3.63) is 41.1 Å². The number of furan rings is 1. The molecule has 0 fully saturated rings. The van der Waals surface area contributed by atoms with Crippen LogP contribution in [0.3, 0.4) is 0 Å². The Morgan fingerprint density at radius 1 is 1.29 bits per heavy atom. The van der Waals surface area contributed by atoms with Crippen LogP contribution in [0.2, 0.25) is 0 Å². The molecule has 21 heavy (non-hydrogen) atoms. The lowest BCUT2D eigenvalue weighted by molar-refractivity contribution is 0.475. The van der Waals surface area contributed by atoms with Crippen LogP contribution in [0.1, 0.15) is 55.9 Å². The van der Waals surface area contributed by atoms with E-state index in [-0.39, 0.29) is 0 Å². The molecule has 116 valence electrons. The Morgan fingerprint density at radius 3 is 2.71 bits per heavy atom. The first-order chi connectivity index (χ1) is 10.2. The highest BCUT2D eigenvalue weighted by Crippen LogP contribution is 2.24. The van der Waals surface area contributed by atoms with E-state index in [0.717, 1.165) is 43.7 Å². The zero-order chi connectivity index (χ0) is 15.2. The minimum absolute atomic E-state index is 0.291. The van der Waals surface area contributed by atoms with Crippen molar-refractivity contribution in [3.63, 3.8) is 0 Å². The molecule has 4 heteroatoms. The standard InChI is InChI=1S/C17H27N3O/c1-5-9-18-16(15-8-10-21-17(15)7-3)12-14-11-13(6-2)19-20(14)4/h8,10-11,16,18H,5-7,9,12H2,1-4H3. The molecule has 0 saturated heterocycles. The van der Waals surface area contributed by atoms with E-state index in [1.807, 2.05) is 11.7 Å². The van der Waals surface area contributed by atoms with Crippen LogP contribution < -0.4 is 5.32 Å². The molecule has 0 aliphatic heterocycles. The predicted molar refractivity (Wildman–Crippen MR) is 85.4 cm³/mol. The van der Waals surface area contributed by atoms with Crippen molar-refractivity contribution in [2.75, 3.05) is 6.54 Å². The van der Waals surface area contributed by atoms with Crippen LogP contribution in [0.15, 0.2) is 22.8 Å². The number of nitrogens with zero attached hydrogens (tertiary/aromatic N) is 2. The van der Waals surface area contributed by atoms with Gasteiger partial charge in [0.1, 0.15) is 5.76 Å². The highest BCUT2D eigenvalue weighted by Gasteiger charge is 2.19. The summed E-state index contributed by atoms with van der Waals surface area (Å²) in [6, 6.07) is 4.61. The first kappa shape index (κ1) is 15.8. The third-order valence-electron chi connectivity index (χ3n) is 3.92. The van der Waals surface area contributed by atoms with Gasteiger partial charge in [0, 0.05) is 37.2 Å². The second-order valence-corrected chi connectivity index (χ2v) is 5.47. The minimum Gasteiger partial charge on any atom is -0.469 e. The number of hydrogen-bond donors (Lipinski definition) is 1. The molecule has 2 aromatic heterocycles. The molecule has 0 radical (unpaired) electrons. The van der Waals surface area contributed by atoms with Crippen molar-refractivity contribution >= 4 is 0 Å². The number of rotatable bonds is 8. The molecule has 0 bridgehead atoms. The molecule has 0 aliphatic rings. The van der Waals surface area contributed by atoms with Gasteiger partial charge in [-0.1, -0.05) is 20.8 Å². The van der Waals surface area contributed by atoms with Crippen LogP contribution in [-0.4, -0.2) is 16.3 Å². The molecule has 0 amide bonds. The molecule has 1 atom stereocenters. The van der Waals surface area contributed by atoms with E-state index in [1.54, 1.807) is 6.26 Å². The minimum atomic E-state index is 0.291. The second kappa shape index (κ2) is 7.46. The quantitative estimate of drug-likeness (QED) is 0.809. The molecule has 4 nitrogen and oxygen atoms in total. The zero-order valence-corrected chi connectivity index (χ0v) is 13.6. The maximum Gasteiger partial charge on any atom is 0.108 e. The van der Waals surface area contributed by atoms with Crippen LogP contribution in [0.4, 0.5) is 0 Å². The van der Waals surface area contributed by atoms with Crippen molar-refractivity contribution in [2.24, 2.45) is 7.05 Å². The van der Waals surface area contributed by atoms with Crippen molar-refractivity contribution in [1.29, 1.82) is 0 Å². The average molecular weight is 289 g/mol. The molecule has 0 saturated carbocycles. The maximum atomic E-state index is 5.61. The summed E-state index contributed by atoms with van der Waals surface area (Å²) in [6.07, 6.45) is 5.78. The second-order valence-electron chi connectivity index (χ2n) is 5.47. The van der Waals surface area contributed by atoms with E-state index in [2.05, 4.69) is 43.3 Å². The van der Waals surface area contributed by atoms with E-state index in [4.69, 9.17) is 4.42 Å². The largest absolute Gasteiger partial charge is 0.469 e. The molecular weight excluding hydrogens is 262 g/mol. The van der Waals surface area contributed by atoms with Gasteiger partial charge in [-0.2, -0.15) is 5.10 Å². The molecule has 0 aromatic carbocycles. The first-order valence-electron chi connectivity index (χ1n) is 8.00. The average Bonchev–Trinajstić information content (AvgIpc) is 3.09. The summed E-state index contributed by atoms with van der Waals surface area (Å²) in [5, 5.41) is 8.20. The smallest absolute Gasteiger partial charge is 0.108 e. The van der Waals surface area contributed by atoms with E-state index in [1.165, 1.54) is 11.3 Å². The van der Waals surface area contributed by atoms with Gasteiger partial charge in [-0.05, 0) is 31.5 Å². The fraction of sp³-hybridized carbons (Fsp3) is 0.588. The van der Waals surface area contributed by atoms with Crippen LogP contribution in [0.25, 0.3) is 0 Å².